The van der Waals surface area contributed by atoms with Gasteiger partial charge in [-0.3, -0.25) is 9.55 Å². The lowest BCUT2D eigenvalue weighted by Crippen LogP contribution is -2.09. The number of esters is 1. The van der Waals surface area contributed by atoms with E-state index in [1.54, 1.807) is 48.9 Å². The van der Waals surface area contributed by atoms with Crippen LogP contribution in [0.3, 0.4) is 0 Å². The highest BCUT2D eigenvalue weighted by Crippen LogP contribution is 2.22. The van der Waals surface area contributed by atoms with Gasteiger partial charge >= 0.3 is 12.0 Å². The third-order valence-electron chi connectivity index (χ3n) is 4.36. The zero-order valence-electron chi connectivity index (χ0n) is 16.8. The van der Waals surface area contributed by atoms with E-state index in [9.17, 15) is 4.79 Å². The third kappa shape index (κ3) is 4.21. The molecule has 4 aromatic rings. The summed E-state index contributed by atoms with van der Waals surface area (Å²) in [6.07, 6.45) is 0.871. The van der Waals surface area contributed by atoms with Gasteiger partial charge in [0.1, 0.15) is 5.69 Å². The number of carbonyl (C=O) groups is 1. The van der Waals surface area contributed by atoms with Gasteiger partial charge in [-0.25, -0.2) is 4.79 Å². The van der Waals surface area contributed by atoms with Crippen LogP contribution in [0, 0.1) is 0 Å². The first kappa shape index (κ1) is 20.4. The van der Waals surface area contributed by atoms with Crippen LogP contribution in [0.2, 0.25) is 5.02 Å². The molecule has 0 aliphatic heterocycles. The van der Waals surface area contributed by atoms with Crippen molar-refractivity contribution >= 4 is 17.6 Å². The number of benzene rings is 1. The van der Waals surface area contributed by atoms with Crippen molar-refractivity contribution in [2.75, 3.05) is 7.11 Å². The van der Waals surface area contributed by atoms with Gasteiger partial charge < -0.3 is 9.47 Å². The van der Waals surface area contributed by atoms with Crippen LogP contribution in [0.5, 0.6) is 6.01 Å². The number of nitrogens with zero attached hydrogens (tertiary/aromatic N) is 8. The van der Waals surface area contributed by atoms with E-state index in [-0.39, 0.29) is 6.01 Å². The van der Waals surface area contributed by atoms with E-state index in [1.165, 1.54) is 18.1 Å². The first-order valence-corrected chi connectivity index (χ1v) is 9.50. The SMILES string of the molecule is COC(=O)c1ccc(-c2nnc(O[C@H](C)c3nnn(-c4cccc(Cl)c4)n3)n2C)nc1. The molecule has 0 N–H and O–H groups in total. The Balaban J connectivity index is 1.50. The Hall–Kier alpha value is -3.86. The lowest BCUT2D eigenvalue weighted by Gasteiger charge is -2.10. The van der Waals surface area contributed by atoms with Crippen LogP contribution >= 0.6 is 11.6 Å². The van der Waals surface area contributed by atoms with Crippen LogP contribution in [0.1, 0.15) is 29.2 Å². The minimum atomic E-state index is -0.543. The molecule has 11 nitrogen and oxygen atoms in total. The van der Waals surface area contributed by atoms with Crippen molar-refractivity contribution in [3.63, 3.8) is 0 Å². The fourth-order valence-corrected chi connectivity index (χ4v) is 2.90. The van der Waals surface area contributed by atoms with Crippen LogP contribution in [0.4, 0.5) is 0 Å². The summed E-state index contributed by atoms with van der Waals surface area (Å²) < 4.78 is 12.2. The summed E-state index contributed by atoms with van der Waals surface area (Å²) in [5.41, 5.74) is 1.54. The number of aromatic nitrogens is 8. The maximum Gasteiger partial charge on any atom is 0.339 e. The maximum absolute atomic E-state index is 11.6. The van der Waals surface area contributed by atoms with E-state index < -0.39 is 12.1 Å². The monoisotopic (exact) mass is 440 g/mol. The molecule has 3 heterocycles. The van der Waals surface area contributed by atoms with Crippen molar-refractivity contribution in [3.05, 3.63) is 59.0 Å². The van der Waals surface area contributed by atoms with Crippen LogP contribution < -0.4 is 4.74 Å². The molecule has 0 bridgehead atoms. The van der Waals surface area contributed by atoms with Crippen molar-refractivity contribution in [1.29, 1.82) is 0 Å². The van der Waals surface area contributed by atoms with Crippen molar-refractivity contribution in [3.8, 4) is 23.2 Å². The number of pyridine rings is 1. The van der Waals surface area contributed by atoms with E-state index in [2.05, 4.69) is 35.3 Å². The van der Waals surface area contributed by atoms with Gasteiger partial charge in [-0.05, 0) is 42.5 Å². The Morgan fingerprint density at radius 2 is 2.00 bits per heavy atom. The van der Waals surface area contributed by atoms with Gasteiger partial charge in [-0.1, -0.05) is 22.8 Å². The molecule has 158 valence electrons. The quantitative estimate of drug-likeness (QED) is 0.416. The van der Waals surface area contributed by atoms with Crippen LogP contribution in [-0.2, 0) is 11.8 Å². The molecule has 31 heavy (non-hydrogen) atoms. The van der Waals surface area contributed by atoms with E-state index >= 15 is 0 Å². The van der Waals surface area contributed by atoms with Gasteiger partial charge in [0.2, 0.25) is 5.82 Å². The molecule has 0 amide bonds. The Morgan fingerprint density at radius 3 is 2.71 bits per heavy atom. The van der Waals surface area contributed by atoms with E-state index in [0.29, 0.717) is 33.6 Å². The van der Waals surface area contributed by atoms with Crippen molar-refractivity contribution in [2.45, 2.75) is 13.0 Å². The molecule has 0 spiro atoms. The fraction of sp³-hybridized carbons (Fsp3) is 0.211. The smallest absolute Gasteiger partial charge is 0.339 e. The zero-order chi connectivity index (χ0) is 22.0. The minimum Gasteiger partial charge on any atom is -0.465 e. The number of halogens is 1. The van der Waals surface area contributed by atoms with Gasteiger partial charge in [0, 0.05) is 18.3 Å². The molecular weight excluding hydrogens is 424 g/mol. The van der Waals surface area contributed by atoms with Crippen molar-refractivity contribution < 1.29 is 14.3 Å². The van der Waals surface area contributed by atoms with Gasteiger partial charge in [0.05, 0.1) is 18.4 Å². The average molecular weight is 441 g/mol. The fourth-order valence-electron chi connectivity index (χ4n) is 2.71. The standard InChI is InChI=1S/C19H17ClN8O3/c1-11(16-22-26-28(25-16)14-6-4-5-13(20)9-14)31-19-24-23-17(27(19)2)15-8-7-12(10-21-15)18(29)30-3/h4-11H,1-3H3/t11-/m1/s1. The summed E-state index contributed by atoms with van der Waals surface area (Å²) in [6.45, 7) is 1.77. The van der Waals surface area contributed by atoms with Crippen LogP contribution in [0.25, 0.3) is 17.2 Å². The van der Waals surface area contributed by atoms with Gasteiger partial charge in [0.15, 0.2) is 11.9 Å². The van der Waals surface area contributed by atoms with Crippen LogP contribution in [0.15, 0.2) is 42.6 Å². The average Bonchev–Trinajstić information content (AvgIpc) is 3.41. The highest BCUT2D eigenvalue weighted by atomic mass is 35.5. The first-order chi connectivity index (χ1) is 15.0. The first-order valence-electron chi connectivity index (χ1n) is 9.13. The molecule has 12 heteroatoms. The molecule has 0 radical (unpaired) electrons. The number of tetrazole rings is 1. The minimum absolute atomic E-state index is 0.250. The second-order valence-corrected chi connectivity index (χ2v) is 6.90. The topological polar surface area (TPSA) is 123 Å². The summed E-state index contributed by atoms with van der Waals surface area (Å²) >= 11 is 6.01. The third-order valence-corrected chi connectivity index (χ3v) is 4.60. The molecule has 0 aliphatic rings. The Morgan fingerprint density at radius 1 is 1.16 bits per heavy atom. The molecule has 1 atom stereocenters. The zero-order valence-corrected chi connectivity index (χ0v) is 17.6. The molecule has 1 aromatic carbocycles. The summed E-state index contributed by atoms with van der Waals surface area (Å²) in [5.74, 6) is 0.368. The molecule has 3 aromatic heterocycles. The summed E-state index contributed by atoms with van der Waals surface area (Å²) in [6, 6.07) is 10.6. The Kier molecular flexibility index (Phi) is 5.58. The molecule has 0 unspecified atom stereocenters. The van der Waals surface area contributed by atoms with Crippen molar-refractivity contribution in [2.24, 2.45) is 7.05 Å². The molecule has 4 rings (SSSR count). The summed E-state index contributed by atoms with van der Waals surface area (Å²) in [5, 5.41) is 21.2. The second-order valence-electron chi connectivity index (χ2n) is 6.47. The van der Waals surface area contributed by atoms with E-state index in [4.69, 9.17) is 16.3 Å². The highest BCUT2D eigenvalue weighted by Gasteiger charge is 2.20. The Bertz CT molecular complexity index is 1220. The van der Waals surface area contributed by atoms with Gasteiger partial charge in [-0.2, -0.15) is 0 Å². The lowest BCUT2D eigenvalue weighted by atomic mass is 10.2. The number of carbonyl (C=O) groups excluding carboxylic acids is 1. The van der Waals surface area contributed by atoms with Crippen molar-refractivity contribution in [1.82, 2.24) is 40.0 Å². The molecule has 0 fully saturated rings. The normalized spacial score (nSPS) is 11.9. The van der Waals surface area contributed by atoms with E-state index in [1.807, 2.05) is 6.07 Å². The maximum atomic E-state index is 11.6. The largest absolute Gasteiger partial charge is 0.465 e. The number of ether oxygens (including phenoxy) is 2. The van der Waals surface area contributed by atoms with E-state index in [0.717, 1.165) is 0 Å². The summed E-state index contributed by atoms with van der Waals surface area (Å²) in [7, 11) is 3.05. The molecule has 0 aliphatic carbocycles. The van der Waals surface area contributed by atoms with Gasteiger partial charge in [0.25, 0.3) is 0 Å². The second kappa shape index (κ2) is 8.48. The number of hydrogen-bond acceptors (Lipinski definition) is 9. The predicted octanol–water partition coefficient (Wildman–Crippen LogP) is 2.43. The molecule has 0 saturated carbocycles. The highest BCUT2D eigenvalue weighted by molar-refractivity contribution is 6.30. The lowest BCUT2D eigenvalue weighted by molar-refractivity contribution is 0.0600. The molecule has 0 saturated heterocycles. The van der Waals surface area contributed by atoms with Gasteiger partial charge in [-0.15, -0.1) is 20.1 Å². The number of rotatable bonds is 6. The Labute approximate surface area is 181 Å². The molecular formula is C19H17ClN8O3. The number of methoxy groups -OCH3 is 1. The summed E-state index contributed by atoms with van der Waals surface area (Å²) in [4.78, 5) is 17.2. The predicted molar refractivity (Wildman–Crippen MR) is 109 cm³/mol. The number of hydrogen-bond donors (Lipinski definition) is 0. The van der Waals surface area contributed by atoms with Crippen LogP contribution in [-0.4, -0.2) is 53.0 Å².